The van der Waals surface area contributed by atoms with E-state index in [1.165, 1.54) is 42.4 Å². The summed E-state index contributed by atoms with van der Waals surface area (Å²) in [5.74, 6) is 0.635. The molecule has 0 atom stereocenters. The SMILES string of the molecule is CCCCC[c-]1ccc(C(C)C)c1[SiH2]c1c(C)c(C)c(C)c(C)c1C.[Cl-].[Cl-].[Cl-].[Ti+4]. The minimum Gasteiger partial charge on any atom is -1.00 e. The molecule has 2 aromatic carbocycles. The van der Waals surface area contributed by atoms with Crippen LogP contribution >= 0.6 is 0 Å². The second-order valence-corrected chi connectivity index (χ2v) is 9.95. The van der Waals surface area contributed by atoms with E-state index in [0.29, 0.717) is 5.92 Å². The molecule has 0 radical (unpaired) electrons. The minimum atomic E-state index is -0.443. The van der Waals surface area contributed by atoms with E-state index in [0.717, 1.165) is 0 Å². The molecule has 2 aromatic rings. The summed E-state index contributed by atoms with van der Waals surface area (Å²) in [5.41, 5.74) is 10.9. The zero-order chi connectivity index (χ0) is 18.7. The molecular weight excluding hydrogens is 471 g/mol. The van der Waals surface area contributed by atoms with Gasteiger partial charge >= 0.3 is 21.7 Å². The van der Waals surface area contributed by atoms with Crippen molar-refractivity contribution in [2.45, 2.75) is 87.0 Å². The van der Waals surface area contributed by atoms with Gasteiger partial charge in [0.05, 0.1) is 9.52 Å². The summed E-state index contributed by atoms with van der Waals surface area (Å²) < 4.78 is 0. The molecule has 0 aromatic heterocycles. The second kappa shape index (κ2) is 15.2. The maximum Gasteiger partial charge on any atom is 4.00 e. The van der Waals surface area contributed by atoms with Crippen molar-refractivity contribution in [3.05, 3.63) is 51.1 Å². The molecule has 0 fully saturated rings. The Hall–Kier alpha value is 0.371. The summed E-state index contributed by atoms with van der Waals surface area (Å²) in [5, 5.41) is 3.45. The topological polar surface area (TPSA) is 0 Å². The van der Waals surface area contributed by atoms with Crippen LogP contribution < -0.4 is 47.6 Å². The van der Waals surface area contributed by atoms with Crippen LogP contribution in [0.15, 0.2) is 12.1 Å². The number of rotatable bonds is 7. The average molecular weight is 508 g/mol. The van der Waals surface area contributed by atoms with Crippen molar-refractivity contribution in [1.29, 1.82) is 0 Å². The van der Waals surface area contributed by atoms with Crippen LogP contribution in [-0.2, 0) is 28.1 Å². The number of aryl methyl sites for hydroxylation is 1. The van der Waals surface area contributed by atoms with Gasteiger partial charge in [-0.3, -0.25) is 0 Å². The van der Waals surface area contributed by atoms with Crippen LogP contribution in [0, 0.1) is 34.6 Å². The van der Waals surface area contributed by atoms with Crippen LogP contribution in [-0.4, -0.2) is 9.52 Å². The van der Waals surface area contributed by atoms with Crippen molar-refractivity contribution >= 4 is 19.9 Å². The van der Waals surface area contributed by atoms with Gasteiger partial charge in [-0.2, -0.15) is 22.4 Å². The fourth-order valence-electron chi connectivity index (χ4n) is 4.15. The first kappa shape index (κ1) is 34.0. The molecule has 162 valence electrons. The molecule has 0 unspecified atom stereocenters. The summed E-state index contributed by atoms with van der Waals surface area (Å²) in [6, 6.07) is 4.86. The fourth-order valence-corrected chi connectivity index (χ4v) is 6.82. The van der Waals surface area contributed by atoms with E-state index in [4.69, 9.17) is 0 Å². The maximum absolute atomic E-state index is 2.44. The minimum absolute atomic E-state index is 0. The predicted molar refractivity (Wildman–Crippen MR) is 117 cm³/mol. The number of hydrogen-bond donors (Lipinski definition) is 0. The zero-order valence-electron chi connectivity index (χ0n) is 19.4. The van der Waals surface area contributed by atoms with E-state index in [1.807, 2.05) is 0 Å². The molecule has 0 aliphatic heterocycles. The molecule has 2 rings (SSSR count). The third-order valence-electron chi connectivity index (χ3n) is 6.38. The summed E-state index contributed by atoms with van der Waals surface area (Å²) in [6.07, 6.45) is 5.26. The zero-order valence-corrected chi connectivity index (χ0v) is 24.6. The predicted octanol–water partition coefficient (Wildman–Crippen LogP) is -4.07. The van der Waals surface area contributed by atoms with Crippen molar-refractivity contribution in [3.63, 3.8) is 0 Å². The Kier molecular flexibility index (Phi) is 17.8. The molecule has 0 saturated heterocycles. The molecule has 5 heteroatoms. The summed E-state index contributed by atoms with van der Waals surface area (Å²) >= 11 is 0. The van der Waals surface area contributed by atoms with Crippen LogP contribution in [0.5, 0.6) is 0 Å². The molecule has 0 saturated carbocycles. The first-order valence-electron chi connectivity index (χ1n) is 10.1. The van der Waals surface area contributed by atoms with E-state index in [1.54, 1.807) is 32.6 Å². The Balaban J connectivity index is -0.00000169. The number of halogens is 3. The molecule has 0 bridgehead atoms. The fraction of sp³-hybridized carbons (Fsp3) is 0.542. The van der Waals surface area contributed by atoms with Crippen LogP contribution in [0.4, 0.5) is 0 Å². The molecule has 29 heavy (non-hydrogen) atoms. The Bertz CT molecular complexity index is 722. The molecule has 0 nitrogen and oxygen atoms in total. The van der Waals surface area contributed by atoms with Gasteiger partial charge in [-0.1, -0.05) is 57.6 Å². The van der Waals surface area contributed by atoms with Crippen molar-refractivity contribution in [2.24, 2.45) is 0 Å². The smallest absolute Gasteiger partial charge is 1.00 e. The Morgan fingerprint density at radius 2 is 1.31 bits per heavy atom. The first-order chi connectivity index (χ1) is 11.8. The van der Waals surface area contributed by atoms with E-state index >= 15 is 0 Å². The monoisotopic (exact) mass is 506 g/mol. The Labute approximate surface area is 215 Å². The van der Waals surface area contributed by atoms with Gasteiger partial charge in [0.1, 0.15) is 0 Å². The van der Waals surface area contributed by atoms with Gasteiger partial charge in [0, 0.05) is 0 Å². The van der Waals surface area contributed by atoms with Gasteiger partial charge in [0.2, 0.25) is 0 Å². The molecule has 0 N–H and O–H groups in total. The van der Waals surface area contributed by atoms with Crippen molar-refractivity contribution in [1.82, 2.24) is 0 Å². The van der Waals surface area contributed by atoms with E-state index in [9.17, 15) is 0 Å². The van der Waals surface area contributed by atoms with Crippen molar-refractivity contribution < 1.29 is 58.9 Å². The molecule has 0 spiro atoms. The summed E-state index contributed by atoms with van der Waals surface area (Å²) in [4.78, 5) is 0. The van der Waals surface area contributed by atoms with Gasteiger partial charge in [-0.15, -0.1) is 0 Å². The van der Waals surface area contributed by atoms with E-state index in [-0.39, 0.29) is 58.9 Å². The van der Waals surface area contributed by atoms with Crippen LogP contribution in [0.2, 0.25) is 0 Å². The third-order valence-corrected chi connectivity index (χ3v) is 9.01. The number of unbranched alkanes of at least 4 members (excludes halogenated alkanes) is 2. The quantitative estimate of drug-likeness (QED) is 0.203. The Morgan fingerprint density at radius 3 is 1.76 bits per heavy atom. The van der Waals surface area contributed by atoms with Gasteiger partial charge in [0.25, 0.3) is 0 Å². The molecule has 0 aliphatic rings. The molecule has 0 amide bonds. The van der Waals surface area contributed by atoms with Gasteiger partial charge in [-0.25, -0.2) is 6.07 Å². The number of hydrogen-bond acceptors (Lipinski definition) is 0. The second-order valence-electron chi connectivity index (χ2n) is 8.18. The third kappa shape index (κ3) is 7.78. The molecular formula is C24H37Cl3SiTi. The van der Waals surface area contributed by atoms with E-state index < -0.39 is 9.52 Å². The van der Waals surface area contributed by atoms with Crippen LogP contribution in [0.25, 0.3) is 0 Å². The van der Waals surface area contributed by atoms with Gasteiger partial charge < -0.3 is 37.2 Å². The van der Waals surface area contributed by atoms with Crippen molar-refractivity contribution in [3.8, 4) is 0 Å². The van der Waals surface area contributed by atoms with Crippen LogP contribution in [0.3, 0.4) is 0 Å². The van der Waals surface area contributed by atoms with Crippen LogP contribution in [0.1, 0.15) is 84.9 Å². The normalized spacial score (nSPS) is 10.4. The van der Waals surface area contributed by atoms with Gasteiger partial charge in [-0.05, 0) is 62.4 Å². The van der Waals surface area contributed by atoms with E-state index in [2.05, 4.69) is 67.5 Å². The standard InChI is InChI=1S/C24H37Si.3ClH.Ti/c1-9-10-11-12-21-13-14-22(15(2)3)24(21)25-23-19(7)17(5)16(4)18(6)20(23)8;;;;/h13-15H,9-12,25H2,1-8H3;3*1H;/q-1;;;;+4/p-3. The number of benzene rings is 1. The van der Waals surface area contributed by atoms with Crippen molar-refractivity contribution in [2.75, 3.05) is 0 Å². The van der Waals surface area contributed by atoms with Gasteiger partial charge in [0.15, 0.2) is 0 Å². The summed E-state index contributed by atoms with van der Waals surface area (Å²) in [6.45, 7) is 18.6. The first-order valence-corrected chi connectivity index (χ1v) is 11.5. The molecule has 0 heterocycles. The molecule has 0 aliphatic carbocycles. The largest absolute Gasteiger partial charge is 4.00 e. The average Bonchev–Trinajstić information content (AvgIpc) is 2.98. The maximum atomic E-state index is 2.44. The summed E-state index contributed by atoms with van der Waals surface area (Å²) in [7, 11) is -0.443. The Morgan fingerprint density at radius 1 is 0.828 bits per heavy atom.